The molecule has 11 heteroatoms. The van der Waals surface area contributed by atoms with Crippen molar-refractivity contribution >= 4 is 17.7 Å². The van der Waals surface area contributed by atoms with Crippen molar-refractivity contribution in [3.8, 4) is 11.5 Å². The van der Waals surface area contributed by atoms with E-state index in [-0.39, 0.29) is 24.5 Å². The number of alkyl halides is 3. The molecule has 0 radical (unpaired) electrons. The molecule has 1 fully saturated rings. The molecule has 3 amide bonds. The molecule has 2 aromatic rings. The van der Waals surface area contributed by atoms with Crippen molar-refractivity contribution in [1.29, 1.82) is 0 Å². The lowest BCUT2D eigenvalue weighted by Gasteiger charge is -2.23. The number of hydrogen-bond donors (Lipinski definition) is 2. The van der Waals surface area contributed by atoms with Gasteiger partial charge in [0.05, 0.1) is 6.54 Å². The summed E-state index contributed by atoms with van der Waals surface area (Å²) in [5.41, 5.74) is -0.787. The Bertz CT molecular complexity index is 1040. The zero-order chi connectivity index (χ0) is 24.4. The van der Waals surface area contributed by atoms with Crippen molar-refractivity contribution in [2.75, 3.05) is 13.2 Å². The normalized spacial score (nSPS) is 19.3. The molecule has 3 rings (SSSR count). The quantitative estimate of drug-likeness (QED) is 0.458. The third-order valence-corrected chi connectivity index (χ3v) is 5.04. The number of nitrogens with zero attached hydrogens (tertiary/aromatic N) is 1. The number of urea groups is 1. The molecule has 1 saturated heterocycles. The Morgan fingerprint density at radius 3 is 2.21 bits per heavy atom. The van der Waals surface area contributed by atoms with Gasteiger partial charge in [-0.15, -0.1) is 13.2 Å². The fourth-order valence-electron chi connectivity index (χ4n) is 3.29. The summed E-state index contributed by atoms with van der Waals surface area (Å²) in [6.45, 7) is 2.25. The molecule has 8 nitrogen and oxygen atoms in total. The van der Waals surface area contributed by atoms with Gasteiger partial charge < -0.3 is 19.9 Å². The lowest BCUT2D eigenvalue weighted by molar-refractivity contribution is -0.274. The molecule has 33 heavy (non-hydrogen) atoms. The summed E-state index contributed by atoms with van der Waals surface area (Å²) < 4.78 is 46.3. The number of nitrogens with one attached hydrogen (secondary N) is 1. The van der Waals surface area contributed by atoms with Crippen LogP contribution in [-0.4, -0.2) is 53.3 Å². The van der Waals surface area contributed by atoms with Crippen LogP contribution in [0.25, 0.3) is 0 Å². The van der Waals surface area contributed by atoms with Gasteiger partial charge in [0, 0.05) is 5.56 Å². The topological polar surface area (TPSA) is 105 Å². The zero-order valence-corrected chi connectivity index (χ0v) is 17.7. The van der Waals surface area contributed by atoms with Gasteiger partial charge in [-0.2, -0.15) is 0 Å². The number of Topliss-reactive ketones (excluding diaryl/α,β-unsaturated/α-hetero) is 1. The minimum absolute atomic E-state index is 0.106. The van der Waals surface area contributed by atoms with Crippen LogP contribution in [0, 0.1) is 0 Å². The number of carbonyl (C=O) groups is 3. The summed E-state index contributed by atoms with van der Waals surface area (Å²) >= 11 is 0. The second kappa shape index (κ2) is 9.10. The van der Waals surface area contributed by atoms with Gasteiger partial charge in [-0.05, 0) is 55.8 Å². The molecule has 0 bridgehead atoms. The SMILES string of the molecule is CC(=O)c1ccc(OCC(O)CN2C(=O)NC(C)(c3ccc(OC(F)(F)F)cc3)C2=O)cc1. The van der Waals surface area contributed by atoms with E-state index in [9.17, 15) is 32.7 Å². The van der Waals surface area contributed by atoms with E-state index in [2.05, 4.69) is 10.1 Å². The second-order valence-corrected chi connectivity index (χ2v) is 7.59. The number of rotatable bonds is 8. The Balaban J connectivity index is 1.62. The molecular formula is C22H21F3N2O6. The lowest BCUT2D eigenvalue weighted by Crippen LogP contribution is -2.42. The van der Waals surface area contributed by atoms with Crippen molar-refractivity contribution in [2.45, 2.75) is 31.9 Å². The maximum atomic E-state index is 12.9. The summed E-state index contributed by atoms with van der Waals surface area (Å²) in [6, 6.07) is 10.0. The van der Waals surface area contributed by atoms with E-state index in [4.69, 9.17) is 4.74 Å². The molecule has 0 spiro atoms. The number of ketones is 1. The highest BCUT2D eigenvalue weighted by molar-refractivity contribution is 6.07. The number of aliphatic hydroxyl groups is 1. The van der Waals surface area contributed by atoms with Crippen LogP contribution in [-0.2, 0) is 10.3 Å². The molecule has 2 unspecified atom stereocenters. The van der Waals surface area contributed by atoms with Crippen molar-refractivity contribution in [2.24, 2.45) is 0 Å². The minimum atomic E-state index is -4.85. The van der Waals surface area contributed by atoms with Gasteiger partial charge in [-0.25, -0.2) is 4.79 Å². The Labute approximate surface area is 186 Å². The predicted molar refractivity (Wildman–Crippen MR) is 109 cm³/mol. The van der Waals surface area contributed by atoms with Crippen molar-refractivity contribution in [3.05, 3.63) is 59.7 Å². The molecule has 2 N–H and O–H groups in total. The number of benzene rings is 2. The second-order valence-electron chi connectivity index (χ2n) is 7.59. The lowest BCUT2D eigenvalue weighted by atomic mass is 9.92. The Morgan fingerprint density at radius 1 is 1.09 bits per heavy atom. The average molecular weight is 466 g/mol. The van der Waals surface area contributed by atoms with Crippen molar-refractivity contribution in [1.82, 2.24) is 10.2 Å². The summed E-state index contributed by atoms with van der Waals surface area (Å²) in [5.74, 6) is -0.859. The van der Waals surface area contributed by atoms with E-state index in [0.29, 0.717) is 11.3 Å². The van der Waals surface area contributed by atoms with Crippen LogP contribution in [0.2, 0.25) is 0 Å². The monoisotopic (exact) mass is 466 g/mol. The number of ether oxygens (including phenoxy) is 2. The highest BCUT2D eigenvalue weighted by Crippen LogP contribution is 2.31. The molecule has 1 heterocycles. The van der Waals surface area contributed by atoms with E-state index >= 15 is 0 Å². The molecule has 1 aliphatic heterocycles. The third kappa shape index (κ3) is 5.61. The van der Waals surface area contributed by atoms with Crippen LogP contribution in [0.4, 0.5) is 18.0 Å². The maximum Gasteiger partial charge on any atom is 0.573 e. The van der Waals surface area contributed by atoms with Crippen LogP contribution in [0.15, 0.2) is 48.5 Å². The Kier molecular flexibility index (Phi) is 6.63. The predicted octanol–water partition coefficient (Wildman–Crippen LogP) is 2.99. The van der Waals surface area contributed by atoms with Gasteiger partial charge in [0.15, 0.2) is 5.78 Å². The van der Waals surface area contributed by atoms with Gasteiger partial charge in [0.2, 0.25) is 0 Å². The summed E-state index contributed by atoms with van der Waals surface area (Å²) in [6.07, 6.45) is -6.06. The van der Waals surface area contributed by atoms with Gasteiger partial charge in [-0.3, -0.25) is 14.5 Å². The fourth-order valence-corrected chi connectivity index (χ4v) is 3.29. The molecule has 176 valence electrons. The molecule has 0 aliphatic carbocycles. The molecule has 1 aliphatic rings. The smallest absolute Gasteiger partial charge is 0.491 e. The van der Waals surface area contributed by atoms with Crippen LogP contribution >= 0.6 is 0 Å². The minimum Gasteiger partial charge on any atom is -0.491 e. The van der Waals surface area contributed by atoms with Gasteiger partial charge in [0.1, 0.15) is 29.7 Å². The average Bonchev–Trinajstić information content (AvgIpc) is 2.95. The molecule has 2 aromatic carbocycles. The van der Waals surface area contributed by atoms with Crippen LogP contribution < -0.4 is 14.8 Å². The maximum absolute atomic E-state index is 12.9. The third-order valence-electron chi connectivity index (χ3n) is 5.04. The first-order valence-electron chi connectivity index (χ1n) is 9.81. The van der Waals surface area contributed by atoms with Crippen LogP contribution in [0.5, 0.6) is 11.5 Å². The van der Waals surface area contributed by atoms with Crippen molar-refractivity contribution in [3.63, 3.8) is 0 Å². The number of halogens is 3. The van der Waals surface area contributed by atoms with Gasteiger partial charge in [0.25, 0.3) is 5.91 Å². The standard InChI is InChI=1S/C22H21F3N2O6/c1-13(28)14-3-7-17(8-4-14)32-12-16(29)11-27-19(30)21(2,26-20(27)31)15-5-9-18(10-6-15)33-22(23,24)25/h3-10,16,29H,11-12H2,1-2H3,(H,26,31). The summed E-state index contributed by atoms with van der Waals surface area (Å²) in [7, 11) is 0. The largest absolute Gasteiger partial charge is 0.573 e. The highest BCUT2D eigenvalue weighted by atomic mass is 19.4. The molecule has 2 atom stereocenters. The van der Waals surface area contributed by atoms with E-state index in [1.54, 1.807) is 24.3 Å². The number of amides is 3. The van der Waals surface area contributed by atoms with Gasteiger partial charge in [-0.1, -0.05) is 12.1 Å². The highest BCUT2D eigenvalue weighted by Gasteiger charge is 2.49. The summed E-state index contributed by atoms with van der Waals surface area (Å²) in [5, 5.41) is 12.8. The van der Waals surface area contributed by atoms with E-state index in [1.807, 2.05) is 0 Å². The number of hydrogen-bond acceptors (Lipinski definition) is 6. The van der Waals surface area contributed by atoms with E-state index in [1.165, 1.54) is 26.0 Å². The van der Waals surface area contributed by atoms with E-state index in [0.717, 1.165) is 17.0 Å². The number of aliphatic hydroxyl groups excluding tert-OH is 1. The fraction of sp³-hybridized carbons (Fsp3) is 0.318. The van der Waals surface area contributed by atoms with Crippen molar-refractivity contribution < 1.29 is 42.1 Å². The van der Waals surface area contributed by atoms with Crippen LogP contribution in [0.1, 0.15) is 29.8 Å². The van der Waals surface area contributed by atoms with E-state index < -0.39 is 35.7 Å². The molecule has 0 aromatic heterocycles. The van der Waals surface area contributed by atoms with Crippen LogP contribution in [0.3, 0.4) is 0 Å². The zero-order valence-electron chi connectivity index (χ0n) is 17.7. The van der Waals surface area contributed by atoms with Gasteiger partial charge >= 0.3 is 12.4 Å². The number of carbonyl (C=O) groups excluding carboxylic acids is 3. The number of imide groups is 1. The number of β-amino-alcohol motifs (C(OH)–C–C–N with tert-alkyl or cyclic N) is 1. The first-order valence-corrected chi connectivity index (χ1v) is 9.81. The Morgan fingerprint density at radius 2 is 1.67 bits per heavy atom. The first kappa shape index (κ1) is 24.1. The molecule has 0 saturated carbocycles. The molecular weight excluding hydrogens is 445 g/mol. The first-order chi connectivity index (χ1) is 15.4. The summed E-state index contributed by atoms with van der Waals surface area (Å²) in [4.78, 5) is 37.4. The Hall–Kier alpha value is -3.60.